The lowest BCUT2D eigenvalue weighted by atomic mass is 10.1. The monoisotopic (exact) mass is 283 g/mol. The third-order valence-corrected chi connectivity index (χ3v) is 3.79. The Hall–Kier alpha value is -1.03. The zero-order valence-electron chi connectivity index (χ0n) is 9.13. The van der Waals surface area contributed by atoms with Gasteiger partial charge in [0, 0.05) is 4.83 Å². The van der Waals surface area contributed by atoms with Crippen LogP contribution in [-0.2, 0) is 0 Å². The third-order valence-electron chi connectivity index (χ3n) is 2.61. The van der Waals surface area contributed by atoms with Crippen molar-refractivity contribution in [1.29, 1.82) is 0 Å². The van der Waals surface area contributed by atoms with E-state index < -0.39 is 0 Å². The van der Waals surface area contributed by atoms with Gasteiger partial charge in [-0.05, 0) is 24.1 Å². The Morgan fingerprint density at radius 2 is 2.38 bits per heavy atom. The van der Waals surface area contributed by atoms with Crippen LogP contribution in [0.2, 0.25) is 0 Å². The number of nitrogens with one attached hydrogen (secondary N) is 1. The van der Waals surface area contributed by atoms with Crippen molar-refractivity contribution >= 4 is 21.8 Å². The van der Waals surface area contributed by atoms with Crippen LogP contribution in [0.5, 0.6) is 5.75 Å². The van der Waals surface area contributed by atoms with E-state index in [0.29, 0.717) is 24.5 Å². The Morgan fingerprint density at radius 3 is 3.12 bits per heavy atom. The number of alkyl halides is 1. The molecule has 16 heavy (non-hydrogen) atoms. The molecule has 3 nitrogen and oxygen atoms in total. The van der Waals surface area contributed by atoms with Gasteiger partial charge in [-0.15, -0.1) is 0 Å². The van der Waals surface area contributed by atoms with Gasteiger partial charge >= 0.3 is 0 Å². The molecule has 1 N–H and O–H groups in total. The Morgan fingerprint density at radius 1 is 1.56 bits per heavy atom. The highest BCUT2D eigenvalue weighted by molar-refractivity contribution is 9.09. The second kappa shape index (κ2) is 4.87. The average Bonchev–Trinajstić information content (AvgIpc) is 2.50. The maximum absolute atomic E-state index is 11.8. The first-order chi connectivity index (χ1) is 7.72. The molecule has 1 aliphatic rings. The summed E-state index contributed by atoms with van der Waals surface area (Å²) < 4.78 is 5.49. The molecule has 1 atom stereocenters. The van der Waals surface area contributed by atoms with Crippen LogP contribution in [0.3, 0.4) is 0 Å². The number of rotatable bonds is 2. The number of hydrogen-bond acceptors (Lipinski definition) is 2. The Labute approximate surface area is 103 Å². The highest BCUT2D eigenvalue weighted by Gasteiger charge is 2.18. The van der Waals surface area contributed by atoms with Crippen LogP contribution >= 0.6 is 15.9 Å². The number of amides is 1. The van der Waals surface area contributed by atoms with Crippen LogP contribution in [0.15, 0.2) is 18.2 Å². The number of benzene rings is 1. The lowest BCUT2D eigenvalue weighted by Gasteiger charge is -2.11. The van der Waals surface area contributed by atoms with Crippen molar-refractivity contribution in [1.82, 2.24) is 5.32 Å². The largest absolute Gasteiger partial charge is 0.491 e. The Bertz CT molecular complexity index is 406. The van der Waals surface area contributed by atoms with E-state index in [1.165, 1.54) is 0 Å². The molecule has 0 radical (unpaired) electrons. The molecular formula is C12H14BrNO2. The van der Waals surface area contributed by atoms with Crippen molar-refractivity contribution in [3.8, 4) is 5.75 Å². The van der Waals surface area contributed by atoms with Crippen LogP contribution in [0.25, 0.3) is 0 Å². The topological polar surface area (TPSA) is 38.3 Å². The molecule has 86 valence electrons. The van der Waals surface area contributed by atoms with Crippen molar-refractivity contribution in [3.63, 3.8) is 0 Å². The molecule has 0 saturated carbocycles. The molecule has 0 aliphatic carbocycles. The molecule has 4 heteroatoms. The van der Waals surface area contributed by atoms with E-state index in [1.807, 2.05) is 18.2 Å². The standard InChI is InChI=1S/C12H14BrNO2/c1-2-10(13)8-3-4-11-9(7-8)12(15)14-5-6-16-11/h3-4,7,10H,2,5-6H2,1H3,(H,14,15). The van der Waals surface area contributed by atoms with Crippen LogP contribution < -0.4 is 10.1 Å². The molecule has 0 aromatic heterocycles. The fourth-order valence-electron chi connectivity index (χ4n) is 1.70. The summed E-state index contributed by atoms with van der Waals surface area (Å²) in [5.74, 6) is 0.625. The summed E-state index contributed by atoms with van der Waals surface area (Å²) in [5.41, 5.74) is 1.75. The molecule has 0 spiro atoms. The number of carbonyl (C=O) groups excluding carboxylic acids is 1. The van der Waals surface area contributed by atoms with Crippen LogP contribution in [-0.4, -0.2) is 19.1 Å². The second-order valence-corrected chi connectivity index (χ2v) is 4.84. The van der Waals surface area contributed by atoms with Crippen LogP contribution in [0, 0.1) is 0 Å². The highest BCUT2D eigenvalue weighted by Crippen LogP contribution is 2.30. The highest BCUT2D eigenvalue weighted by atomic mass is 79.9. The van der Waals surface area contributed by atoms with Crippen molar-refractivity contribution < 1.29 is 9.53 Å². The molecule has 1 aromatic rings. The van der Waals surface area contributed by atoms with Crippen molar-refractivity contribution in [3.05, 3.63) is 29.3 Å². The number of carbonyl (C=O) groups is 1. The lowest BCUT2D eigenvalue weighted by Crippen LogP contribution is -2.24. The van der Waals surface area contributed by atoms with Crippen LogP contribution in [0.1, 0.15) is 34.1 Å². The quantitative estimate of drug-likeness (QED) is 0.848. The number of ether oxygens (including phenoxy) is 1. The summed E-state index contributed by atoms with van der Waals surface area (Å²) in [7, 11) is 0. The Balaban J connectivity index is 2.39. The molecular weight excluding hydrogens is 270 g/mol. The van der Waals surface area contributed by atoms with Gasteiger partial charge in [-0.3, -0.25) is 4.79 Å². The molecule has 0 saturated heterocycles. The fourth-order valence-corrected chi connectivity index (χ4v) is 1.99. The van der Waals surface area contributed by atoms with Crippen LogP contribution in [0.4, 0.5) is 0 Å². The second-order valence-electron chi connectivity index (χ2n) is 3.74. The number of hydrogen-bond donors (Lipinski definition) is 1. The van der Waals surface area contributed by atoms with E-state index in [2.05, 4.69) is 28.2 Å². The molecule has 0 fully saturated rings. The van der Waals surface area contributed by atoms with E-state index in [9.17, 15) is 4.79 Å². The lowest BCUT2D eigenvalue weighted by molar-refractivity contribution is 0.0957. The molecule has 1 amide bonds. The minimum absolute atomic E-state index is 0.0508. The summed E-state index contributed by atoms with van der Waals surface area (Å²) in [6.07, 6.45) is 0.987. The minimum atomic E-state index is -0.0508. The van der Waals surface area contributed by atoms with E-state index in [-0.39, 0.29) is 10.7 Å². The molecule has 2 rings (SSSR count). The van der Waals surface area contributed by atoms with Crippen molar-refractivity contribution in [2.75, 3.05) is 13.2 Å². The average molecular weight is 284 g/mol. The first-order valence-corrected chi connectivity index (χ1v) is 6.33. The predicted octanol–water partition coefficient (Wildman–Crippen LogP) is 2.65. The fraction of sp³-hybridized carbons (Fsp3) is 0.417. The van der Waals surface area contributed by atoms with Gasteiger partial charge in [0.1, 0.15) is 12.4 Å². The predicted molar refractivity (Wildman–Crippen MR) is 66.2 cm³/mol. The van der Waals surface area contributed by atoms with E-state index in [0.717, 1.165) is 12.0 Å². The maximum atomic E-state index is 11.8. The van der Waals surface area contributed by atoms with Gasteiger partial charge in [-0.2, -0.15) is 0 Å². The summed E-state index contributed by atoms with van der Waals surface area (Å²) in [4.78, 5) is 12.0. The van der Waals surface area contributed by atoms with Gasteiger partial charge in [-0.1, -0.05) is 28.9 Å². The molecule has 1 aromatic carbocycles. The zero-order chi connectivity index (χ0) is 11.5. The van der Waals surface area contributed by atoms with Gasteiger partial charge in [0.15, 0.2) is 0 Å². The first kappa shape index (κ1) is 11.5. The molecule has 0 bridgehead atoms. The first-order valence-electron chi connectivity index (χ1n) is 5.41. The molecule has 1 unspecified atom stereocenters. The summed E-state index contributed by atoms with van der Waals surface area (Å²) in [6, 6.07) is 5.78. The number of fused-ring (bicyclic) bond motifs is 1. The maximum Gasteiger partial charge on any atom is 0.255 e. The molecule has 1 heterocycles. The van der Waals surface area contributed by atoms with Gasteiger partial charge < -0.3 is 10.1 Å². The van der Waals surface area contributed by atoms with Crippen molar-refractivity contribution in [2.24, 2.45) is 0 Å². The third kappa shape index (κ3) is 2.21. The Kier molecular flexibility index (Phi) is 3.49. The normalized spacial score (nSPS) is 16.8. The molecule has 1 aliphatic heterocycles. The van der Waals surface area contributed by atoms with Gasteiger partial charge in [0.05, 0.1) is 12.1 Å². The summed E-state index contributed by atoms with van der Waals surface area (Å²) >= 11 is 3.58. The number of halogens is 1. The van der Waals surface area contributed by atoms with E-state index >= 15 is 0 Å². The van der Waals surface area contributed by atoms with Crippen molar-refractivity contribution in [2.45, 2.75) is 18.2 Å². The van der Waals surface area contributed by atoms with Gasteiger partial charge in [-0.25, -0.2) is 0 Å². The van der Waals surface area contributed by atoms with E-state index in [1.54, 1.807) is 0 Å². The van der Waals surface area contributed by atoms with E-state index in [4.69, 9.17) is 4.74 Å². The van der Waals surface area contributed by atoms with Gasteiger partial charge in [0.25, 0.3) is 5.91 Å². The summed E-state index contributed by atoms with van der Waals surface area (Å²) in [5, 5.41) is 2.81. The zero-order valence-corrected chi connectivity index (χ0v) is 10.7. The summed E-state index contributed by atoms with van der Waals surface area (Å²) in [6.45, 7) is 3.19. The smallest absolute Gasteiger partial charge is 0.255 e. The SMILES string of the molecule is CCC(Br)c1ccc2c(c1)C(=O)NCCO2. The minimum Gasteiger partial charge on any atom is -0.491 e. The van der Waals surface area contributed by atoms with Gasteiger partial charge in [0.2, 0.25) is 0 Å².